The van der Waals surface area contributed by atoms with Crippen LogP contribution in [-0.4, -0.2) is 29.1 Å². The third kappa shape index (κ3) is 3.03. The van der Waals surface area contributed by atoms with Gasteiger partial charge in [0.1, 0.15) is 11.3 Å². The van der Waals surface area contributed by atoms with Gasteiger partial charge in [0.15, 0.2) is 0 Å². The van der Waals surface area contributed by atoms with Gasteiger partial charge in [-0.2, -0.15) is 0 Å². The van der Waals surface area contributed by atoms with Crippen molar-refractivity contribution in [1.29, 1.82) is 0 Å². The van der Waals surface area contributed by atoms with Crippen LogP contribution in [0.15, 0.2) is 47.4 Å². The molecule has 19 heavy (non-hydrogen) atoms. The second-order valence-corrected chi connectivity index (χ2v) is 4.47. The molecular formula is C15H17NO3. The lowest BCUT2D eigenvalue weighted by atomic mass is 10.2. The van der Waals surface area contributed by atoms with Crippen molar-refractivity contribution < 1.29 is 14.3 Å². The molecular weight excluding hydrogens is 242 g/mol. The van der Waals surface area contributed by atoms with Gasteiger partial charge in [-0.05, 0) is 19.1 Å². The first kappa shape index (κ1) is 13.4. The molecule has 0 fully saturated rings. The summed E-state index contributed by atoms with van der Waals surface area (Å²) in [5.74, 6) is -0.0888. The molecule has 4 nitrogen and oxygen atoms in total. The molecule has 1 aromatic carbocycles. The van der Waals surface area contributed by atoms with Crippen molar-refractivity contribution in [3.05, 3.63) is 48.7 Å². The number of rotatable bonds is 6. The highest BCUT2D eigenvalue weighted by atomic mass is 16.4. The number of furan rings is 1. The quantitative estimate of drug-likeness (QED) is 0.810. The van der Waals surface area contributed by atoms with Gasteiger partial charge < -0.3 is 9.52 Å². The number of nitrogens with zero attached hydrogens (tertiary/aromatic N) is 1. The molecule has 0 aliphatic heterocycles. The Morgan fingerprint density at radius 3 is 2.89 bits per heavy atom. The summed E-state index contributed by atoms with van der Waals surface area (Å²) in [5.41, 5.74) is 0.818. The van der Waals surface area contributed by atoms with E-state index in [0.717, 1.165) is 16.7 Å². The maximum absolute atomic E-state index is 10.9. The number of hydrogen-bond donors (Lipinski definition) is 1. The molecule has 2 rings (SSSR count). The minimum Gasteiger partial charge on any atom is -0.480 e. The molecule has 4 heteroatoms. The third-order valence-corrected chi connectivity index (χ3v) is 3.11. The topological polar surface area (TPSA) is 53.7 Å². The van der Waals surface area contributed by atoms with E-state index in [1.807, 2.05) is 37.3 Å². The van der Waals surface area contributed by atoms with Gasteiger partial charge in [-0.25, -0.2) is 0 Å². The molecule has 1 unspecified atom stereocenters. The molecule has 2 aromatic rings. The molecule has 1 heterocycles. The van der Waals surface area contributed by atoms with Crippen LogP contribution in [0.3, 0.4) is 0 Å². The predicted molar refractivity (Wildman–Crippen MR) is 74.0 cm³/mol. The average molecular weight is 259 g/mol. The predicted octanol–water partition coefficient (Wildman–Crippen LogP) is 3.07. The summed E-state index contributed by atoms with van der Waals surface area (Å²) in [6.45, 7) is 6.06. The Balaban J connectivity index is 2.26. The van der Waals surface area contributed by atoms with Gasteiger partial charge >= 0.3 is 5.97 Å². The van der Waals surface area contributed by atoms with E-state index in [2.05, 4.69) is 6.58 Å². The van der Waals surface area contributed by atoms with Crippen molar-refractivity contribution in [3.8, 4) is 0 Å². The molecule has 1 atom stereocenters. The highest BCUT2D eigenvalue weighted by molar-refractivity contribution is 5.77. The zero-order valence-corrected chi connectivity index (χ0v) is 10.9. The lowest BCUT2D eigenvalue weighted by Crippen LogP contribution is -2.32. The Kier molecular flexibility index (Phi) is 4.02. The summed E-state index contributed by atoms with van der Waals surface area (Å²) in [5, 5.41) is 9.97. The van der Waals surface area contributed by atoms with E-state index < -0.39 is 5.97 Å². The fraction of sp³-hybridized carbons (Fsp3) is 0.267. The number of benzene rings is 1. The van der Waals surface area contributed by atoms with Crippen LogP contribution in [0.1, 0.15) is 18.7 Å². The van der Waals surface area contributed by atoms with Crippen molar-refractivity contribution in [1.82, 2.24) is 4.90 Å². The molecule has 1 aromatic heterocycles. The van der Waals surface area contributed by atoms with Gasteiger partial charge in [0.05, 0.1) is 12.6 Å². The van der Waals surface area contributed by atoms with Crippen LogP contribution < -0.4 is 0 Å². The molecule has 0 amide bonds. The van der Waals surface area contributed by atoms with Gasteiger partial charge in [-0.3, -0.25) is 9.69 Å². The van der Waals surface area contributed by atoms with Gasteiger partial charge in [-0.15, -0.1) is 6.58 Å². The van der Waals surface area contributed by atoms with Gasteiger partial charge in [0, 0.05) is 11.9 Å². The fourth-order valence-electron chi connectivity index (χ4n) is 2.09. The summed E-state index contributed by atoms with van der Waals surface area (Å²) in [6, 6.07) is 9.59. The Labute approximate surface area is 111 Å². The highest BCUT2D eigenvalue weighted by Gasteiger charge is 2.20. The first-order valence-corrected chi connectivity index (χ1v) is 6.17. The Bertz CT molecular complexity index is 555. The second kappa shape index (κ2) is 5.71. The first-order chi connectivity index (χ1) is 9.11. The van der Waals surface area contributed by atoms with E-state index >= 15 is 0 Å². The lowest BCUT2D eigenvalue weighted by Gasteiger charge is -2.24. The van der Waals surface area contributed by atoms with Crippen LogP contribution in [0.4, 0.5) is 0 Å². The molecule has 0 aliphatic carbocycles. The van der Waals surface area contributed by atoms with E-state index in [-0.39, 0.29) is 12.6 Å². The number of para-hydroxylation sites is 1. The zero-order chi connectivity index (χ0) is 13.8. The smallest absolute Gasteiger partial charge is 0.317 e. The van der Waals surface area contributed by atoms with Crippen LogP contribution in [0.25, 0.3) is 11.0 Å². The summed E-state index contributed by atoms with van der Waals surface area (Å²) in [6.07, 6.45) is 1.70. The maximum Gasteiger partial charge on any atom is 0.317 e. The van der Waals surface area contributed by atoms with Crippen LogP contribution >= 0.6 is 0 Å². The van der Waals surface area contributed by atoms with Gasteiger partial charge in [0.25, 0.3) is 0 Å². The number of carbonyl (C=O) groups is 1. The summed E-state index contributed by atoms with van der Waals surface area (Å²) < 4.78 is 5.77. The molecule has 1 N–H and O–H groups in total. The summed E-state index contributed by atoms with van der Waals surface area (Å²) >= 11 is 0. The SMILES string of the molecule is C=CCN(CC(=O)O)C(C)c1cc2ccccc2o1. The van der Waals surface area contributed by atoms with Crippen LogP contribution in [0, 0.1) is 0 Å². The van der Waals surface area contributed by atoms with Crippen LogP contribution in [-0.2, 0) is 4.79 Å². The molecule has 100 valence electrons. The van der Waals surface area contributed by atoms with E-state index in [9.17, 15) is 4.79 Å². The first-order valence-electron chi connectivity index (χ1n) is 6.17. The van der Waals surface area contributed by atoms with Gasteiger partial charge in [-0.1, -0.05) is 24.3 Å². The number of hydrogen-bond acceptors (Lipinski definition) is 3. The average Bonchev–Trinajstić information content (AvgIpc) is 2.80. The fourth-order valence-corrected chi connectivity index (χ4v) is 2.09. The standard InChI is InChI=1S/C15H17NO3/c1-3-8-16(10-15(17)18)11(2)14-9-12-6-4-5-7-13(12)19-14/h3-7,9,11H,1,8,10H2,2H3,(H,17,18). The number of aliphatic carboxylic acids is 1. The Morgan fingerprint density at radius 2 is 2.26 bits per heavy atom. The summed E-state index contributed by atoms with van der Waals surface area (Å²) in [4.78, 5) is 12.7. The molecule has 0 saturated carbocycles. The maximum atomic E-state index is 10.9. The second-order valence-electron chi connectivity index (χ2n) is 4.47. The third-order valence-electron chi connectivity index (χ3n) is 3.11. The zero-order valence-electron chi connectivity index (χ0n) is 10.9. The number of carboxylic acids is 1. The van der Waals surface area contributed by atoms with Crippen molar-refractivity contribution in [2.24, 2.45) is 0 Å². The molecule has 0 aliphatic rings. The molecule has 0 spiro atoms. The van der Waals surface area contributed by atoms with Gasteiger partial charge in [0.2, 0.25) is 0 Å². The van der Waals surface area contributed by atoms with Crippen molar-refractivity contribution in [2.45, 2.75) is 13.0 Å². The Morgan fingerprint density at radius 1 is 1.53 bits per heavy atom. The van der Waals surface area contributed by atoms with Crippen molar-refractivity contribution in [2.75, 3.05) is 13.1 Å². The van der Waals surface area contributed by atoms with Crippen molar-refractivity contribution in [3.63, 3.8) is 0 Å². The molecule has 0 saturated heterocycles. The lowest BCUT2D eigenvalue weighted by molar-refractivity contribution is -0.138. The van der Waals surface area contributed by atoms with E-state index in [1.165, 1.54) is 0 Å². The monoisotopic (exact) mass is 259 g/mol. The minimum atomic E-state index is -0.857. The largest absolute Gasteiger partial charge is 0.480 e. The normalized spacial score (nSPS) is 12.7. The molecule has 0 radical (unpaired) electrons. The Hall–Kier alpha value is -2.07. The number of carboxylic acid groups (broad SMARTS) is 1. The summed E-state index contributed by atoms with van der Waals surface area (Å²) in [7, 11) is 0. The van der Waals surface area contributed by atoms with E-state index in [0.29, 0.717) is 6.54 Å². The number of fused-ring (bicyclic) bond motifs is 1. The van der Waals surface area contributed by atoms with Crippen molar-refractivity contribution >= 4 is 16.9 Å². The van der Waals surface area contributed by atoms with E-state index in [4.69, 9.17) is 9.52 Å². The van der Waals surface area contributed by atoms with E-state index in [1.54, 1.807) is 11.0 Å². The van der Waals surface area contributed by atoms with Crippen LogP contribution in [0.5, 0.6) is 0 Å². The van der Waals surface area contributed by atoms with Crippen LogP contribution in [0.2, 0.25) is 0 Å². The minimum absolute atomic E-state index is 0.0375. The highest BCUT2D eigenvalue weighted by Crippen LogP contribution is 2.27. The molecule has 0 bridgehead atoms.